The molecule has 0 radical (unpaired) electrons. The molecule has 2 aromatic rings. The number of aromatic nitrogens is 1. The van der Waals surface area contributed by atoms with Crippen molar-refractivity contribution < 1.29 is 17.9 Å². The van der Waals surface area contributed by atoms with Gasteiger partial charge in [-0.2, -0.15) is 0 Å². The fraction of sp³-hybridized carbons (Fsp3) is 0.294. The van der Waals surface area contributed by atoms with Crippen molar-refractivity contribution in [3.05, 3.63) is 46.6 Å². The molecular weight excluding hydrogens is 374 g/mol. The van der Waals surface area contributed by atoms with E-state index in [0.29, 0.717) is 10.7 Å². The summed E-state index contributed by atoms with van der Waals surface area (Å²) in [5.41, 5.74) is 0.310. The van der Waals surface area contributed by atoms with Gasteiger partial charge in [-0.05, 0) is 32.9 Å². The second kappa shape index (κ2) is 6.73. The smallest absolute Gasteiger partial charge is 0.278 e. The van der Waals surface area contributed by atoms with Gasteiger partial charge in [0.1, 0.15) is 0 Å². The van der Waals surface area contributed by atoms with Crippen molar-refractivity contribution in [3.8, 4) is 0 Å². The van der Waals surface area contributed by atoms with Gasteiger partial charge in [0.15, 0.2) is 16.6 Å². The highest BCUT2D eigenvalue weighted by Gasteiger charge is 2.39. The predicted molar refractivity (Wildman–Crippen MR) is 100 cm³/mol. The average molecular weight is 393 g/mol. The van der Waals surface area contributed by atoms with Crippen LogP contribution in [0.5, 0.6) is 0 Å². The number of fused-ring (bicyclic) bond motifs is 1. The molecule has 1 aliphatic rings. The fourth-order valence-electron chi connectivity index (χ4n) is 2.59. The Morgan fingerprint density at radius 3 is 2.62 bits per heavy atom. The summed E-state index contributed by atoms with van der Waals surface area (Å²) in [6.07, 6.45) is 1.40. The van der Waals surface area contributed by atoms with Crippen molar-refractivity contribution in [2.75, 3.05) is 12.4 Å². The molecule has 138 valence electrons. The number of amides is 1. The minimum absolute atomic E-state index is 0.0646. The zero-order chi connectivity index (χ0) is 19.1. The standard InChI is InChI=1S/C17H19N3O4S2/c1-10(2)24-15-12-7-5-6-8-13(12)26(22,23)20(4)14(15)16(21)19-17-18-9-11(3)25-17/h5-10H,1-4H3,(H,18,19,21). The Morgan fingerprint density at radius 2 is 2.00 bits per heavy atom. The quantitative estimate of drug-likeness (QED) is 0.863. The molecule has 0 saturated heterocycles. The van der Waals surface area contributed by atoms with Gasteiger partial charge >= 0.3 is 0 Å². The van der Waals surface area contributed by atoms with E-state index in [-0.39, 0.29) is 22.5 Å². The number of nitrogens with zero attached hydrogens (tertiary/aromatic N) is 2. The molecule has 1 amide bonds. The summed E-state index contributed by atoms with van der Waals surface area (Å²) in [6, 6.07) is 6.49. The summed E-state index contributed by atoms with van der Waals surface area (Å²) in [4.78, 5) is 18.0. The van der Waals surface area contributed by atoms with Crippen LogP contribution >= 0.6 is 11.3 Å². The number of hydrogen-bond donors (Lipinski definition) is 1. The molecule has 9 heteroatoms. The normalized spacial score (nSPS) is 15.8. The molecule has 26 heavy (non-hydrogen) atoms. The number of hydrogen-bond acceptors (Lipinski definition) is 6. The van der Waals surface area contributed by atoms with Crippen LogP contribution in [0.15, 0.2) is 41.1 Å². The predicted octanol–water partition coefficient (Wildman–Crippen LogP) is 2.82. The van der Waals surface area contributed by atoms with Crippen LogP contribution in [-0.2, 0) is 19.6 Å². The number of anilines is 1. The maximum atomic E-state index is 12.9. The van der Waals surface area contributed by atoms with E-state index in [9.17, 15) is 13.2 Å². The highest BCUT2D eigenvalue weighted by atomic mass is 32.2. The van der Waals surface area contributed by atoms with E-state index >= 15 is 0 Å². The first-order valence-electron chi connectivity index (χ1n) is 7.95. The molecule has 0 bridgehead atoms. The summed E-state index contributed by atoms with van der Waals surface area (Å²) >= 11 is 1.31. The number of likely N-dealkylation sites (N-methyl/N-ethyl adjacent to an activating group) is 1. The van der Waals surface area contributed by atoms with Gasteiger partial charge in [0.2, 0.25) is 0 Å². The molecule has 1 aromatic heterocycles. The number of sulfonamides is 1. The maximum absolute atomic E-state index is 12.9. The molecule has 0 saturated carbocycles. The largest absolute Gasteiger partial charge is 0.488 e. The van der Waals surface area contributed by atoms with Gasteiger partial charge in [-0.1, -0.05) is 12.1 Å². The van der Waals surface area contributed by atoms with Gasteiger partial charge in [-0.15, -0.1) is 11.3 Å². The number of carbonyl (C=O) groups excluding carboxylic acids is 1. The van der Waals surface area contributed by atoms with E-state index in [4.69, 9.17) is 4.74 Å². The maximum Gasteiger partial charge on any atom is 0.278 e. The summed E-state index contributed by atoms with van der Waals surface area (Å²) in [5, 5.41) is 3.06. The third kappa shape index (κ3) is 3.19. The highest BCUT2D eigenvalue weighted by Crippen LogP contribution is 2.37. The van der Waals surface area contributed by atoms with Crippen LogP contribution in [0.2, 0.25) is 0 Å². The fourth-order valence-corrected chi connectivity index (χ4v) is 4.64. The van der Waals surface area contributed by atoms with E-state index in [2.05, 4.69) is 10.3 Å². The van der Waals surface area contributed by atoms with E-state index in [1.54, 1.807) is 24.4 Å². The number of rotatable bonds is 4. The lowest BCUT2D eigenvalue weighted by Crippen LogP contribution is -2.38. The first-order chi connectivity index (χ1) is 12.2. The number of aryl methyl sites for hydroxylation is 1. The third-order valence-electron chi connectivity index (χ3n) is 3.71. The molecule has 2 heterocycles. The van der Waals surface area contributed by atoms with Crippen molar-refractivity contribution in [1.82, 2.24) is 9.29 Å². The Labute approximate surface area is 156 Å². The zero-order valence-corrected chi connectivity index (χ0v) is 16.4. The molecule has 3 rings (SSSR count). The molecule has 7 nitrogen and oxygen atoms in total. The van der Waals surface area contributed by atoms with Gasteiger partial charge in [0.05, 0.1) is 11.0 Å². The van der Waals surface area contributed by atoms with Crippen molar-refractivity contribution >= 4 is 38.2 Å². The van der Waals surface area contributed by atoms with E-state index in [1.165, 1.54) is 24.5 Å². The number of thiazole rings is 1. The van der Waals surface area contributed by atoms with Gasteiger partial charge in [0, 0.05) is 23.7 Å². The Hall–Kier alpha value is -2.39. The number of ether oxygens (including phenoxy) is 1. The molecule has 0 aliphatic carbocycles. The molecule has 0 atom stereocenters. The van der Waals surface area contributed by atoms with Crippen LogP contribution in [-0.4, -0.2) is 36.8 Å². The topological polar surface area (TPSA) is 88.6 Å². The van der Waals surface area contributed by atoms with Crippen LogP contribution in [0.3, 0.4) is 0 Å². The third-order valence-corrected chi connectivity index (χ3v) is 6.35. The molecular formula is C17H19N3O4S2. The lowest BCUT2D eigenvalue weighted by Gasteiger charge is -2.31. The van der Waals surface area contributed by atoms with Crippen molar-refractivity contribution in [3.63, 3.8) is 0 Å². The zero-order valence-electron chi connectivity index (χ0n) is 14.8. The summed E-state index contributed by atoms with van der Waals surface area (Å²) in [7, 11) is -2.51. The molecule has 1 N–H and O–H groups in total. The average Bonchev–Trinajstić information content (AvgIpc) is 2.97. The minimum atomic E-state index is -3.85. The molecule has 0 fully saturated rings. The summed E-state index contributed by atoms with van der Waals surface area (Å²) in [6.45, 7) is 5.50. The second-order valence-corrected chi connectivity index (χ2v) is 9.22. The van der Waals surface area contributed by atoms with Crippen LogP contribution in [0, 0.1) is 6.92 Å². The van der Waals surface area contributed by atoms with Gasteiger partial charge < -0.3 is 4.74 Å². The number of nitrogens with one attached hydrogen (secondary N) is 1. The molecule has 0 spiro atoms. The van der Waals surface area contributed by atoms with Crippen LogP contribution < -0.4 is 5.32 Å². The van der Waals surface area contributed by atoms with E-state index in [0.717, 1.165) is 9.18 Å². The Balaban J connectivity index is 2.16. The van der Waals surface area contributed by atoms with E-state index < -0.39 is 15.9 Å². The number of carbonyl (C=O) groups is 1. The van der Waals surface area contributed by atoms with Crippen molar-refractivity contribution in [2.45, 2.75) is 31.8 Å². The van der Waals surface area contributed by atoms with Crippen LogP contribution in [0.4, 0.5) is 5.13 Å². The molecule has 1 aromatic carbocycles. The molecule has 0 unspecified atom stereocenters. The first-order valence-corrected chi connectivity index (χ1v) is 10.2. The highest BCUT2D eigenvalue weighted by molar-refractivity contribution is 7.89. The van der Waals surface area contributed by atoms with Gasteiger partial charge in [-0.25, -0.2) is 13.4 Å². The lowest BCUT2D eigenvalue weighted by molar-refractivity contribution is -0.113. The van der Waals surface area contributed by atoms with Gasteiger partial charge in [0.25, 0.3) is 15.9 Å². The Kier molecular flexibility index (Phi) is 4.76. The van der Waals surface area contributed by atoms with Crippen LogP contribution in [0.25, 0.3) is 5.76 Å². The van der Waals surface area contributed by atoms with Gasteiger partial charge in [-0.3, -0.25) is 14.4 Å². The van der Waals surface area contributed by atoms with Crippen molar-refractivity contribution in [2.24, 2.45) is 0 Å². The lowest BCUT2D eigenvalue weighted by atomic mass is 10.1. The monoisotopic (exact) mass is 393 g/mol. The van der Waals surface area contributed by atoms with E-state index in [1.807, 2.05) is 20.8 Å². The van der Waals surface area contributed by atoms with Crippen molar-refractivity contribution in [1.29, 1.82) is 0 Å². The minimum Gasteiger partial charge on any atom is -0.488 e. The Morgan fingerprint density at radius 1 is 1.31 bits per heavy atom. The SMILES string of the molecule is Cc1cnc(NC(=O)C2=C(OC(C)C)c3ccccc3S(=O)(=O)N2C)s1. The molecule has 1 aliphatic heterocycles. The Bertz CT molecular complexity index is 993. The summed E-state index contributed by atoms with van der Waals surface area (Å²) < 4.78 is 32.5. The second-order valence-electron chi connectivity index (χ2n) is 6.04. The first kappa shape index (κ1) is 18.4. The number of benzene rings is 1. The summed E-state index contributed by atoms with van der Waals surface area (Å²) in [5.74, 6) is -0.353. The van der Waals surface area contributed by atoms with Crippen LogP contribution in [0.1, 0.15) is 24.3 Å².